The Bertz CT molecular complexity index is 448. The minimum atomic E-state index is -0.292. The highest BCUT2D eigenvalue weighted by Crippen LogP contribution is 2.40. The molecule has 0 heterocycles. The second-order valence-corrected chi connectivity index (χ2v) is 5.53. The van der Waals surface area contributed by atoms with Gasteiger partial charge in [0, 0.05) is 17.6 Å². The maximum Gasteiger partial charge on any atom is 0.254 e. The largest absolute Gasteiger partial charge is 0.333 e. The zero-order valence-corrected chi connectivity index (χ0v) is 10.6. The lowest BCUT2D eigenvalue weighted by atomic mass is 10.1. The molecule has 2 saturated carbocycles. The van der Waals surface area contributed by atoms with Crippen LogP contribution in [0.1, 0.15) is 43.0 Å². The van der Waals surface area contributed by atoms with Crippen molar-refractivity contribution in [2.75, 3.05) is 0 Å². The Labute approximate surface area is 107 Å². The SMILES string of the molecule is CC(C1CC1)N(C(=O)c1ccc(F)cc1)C1CC1. The second-order valence-electron chi connectivity index (χ2n) is 5.53. The zero-order valence-electron chi connectivity index (χ0n) is 10.6. The fourth-order valence-electron chi connectivity index (χ4n) is 2.58. The quantitative estimate of drug-likeness (QED) is 0.800. The molecule has 2 fully saturated rings. The smallest absolute Gasteiger partial charge is 0.254 e. The molecule has 0 aromatic heterocycles. The van der Waals surface area contributed by atoms with Crippen LogP contribution in [0.4, 0.5) is 4.39 Å². The Morgan fingerprint density at radius 3 is 2.33 bits per heavy atom. The van der Waals surface area contributed by atoms with Gasteiger partial charge in [0.2, 0.25) is 0 Å². The number of nitrogens with zero attached hydrogens (tertiary/aromatic N) is 1. The maximum absolute atomic E-state index is 12.9. The first-order valence-electron chi connectivity index (χ1n) is 6.75. The van der Waals surface area contributed by atoms with E-state index in [2.05, 4.69) is 6.92 Å². The molecule has 2 aliphatic carbocycles. The molecule has 1 amide bonds. The topological polar surface area (TPSA) is 20.3 Å². The summed E-state index contributed by atoms with van der Waals surface area (Å²) < 4.78 is 12.9. The van der Waals surface area contributed by atoms with Gasteiger partial charge < -0.3 is 4.90 Å². The maximum atomic E-state index is 12.9. The van der Waals surface area contributed by atoms with Crippen LogP contribution in [0, 0.1) is 11.7 Å². The zero-order chi connectivity index (χ0) is 12.7. The van der Waals surface area contributed by atoms with Crippen LogP contribution in [-0.2, 0) is 0 Å². The minimum Gasteiger partial charge on any atom is -0.333 e. The van der Waals surface area contributed by atoms with E-state index >= 15 is 0 Å². The lowest BCUT2D eigenvalue weighted by molar-refractivity contribution is 0.0654. The molecule has 1 unspecified atom stereocenters. The molecule has 1 atom stereocenters. The Morgan fingerprint density at radius 1 is 1.22 bits per heavy atom. The van der Waals surface area contributed by atoms with E-state index in [1.807, 2.05) is 4.90 Å². The molecular weight excluding hydrogens is 229 g/mol. The van der Waals surface area contributed by atoms with Crippen LogP contribution >= 0.6 is 0 Å². The molecule has 0 saturated heterocycles. The number of hydrogen-bond acceptors (Lipinski definition) is 1. The van der Waals surface area contributed by atoms with Crippen molar-refractivity contribution < 1.29 is 9.18 Å². The Morgan fingerprint density at radius 2 is 1.83 bits per heavy atom. The van der Waals surface area contributed by atoms with Gasteiger partial charge in [-0.1, -0.05) is 0 Å². The van der Waals surface area contributed by atoms with Crippen LogP contribution in [-0.4, -0.2) is 22.9 Å². The lowest BCUT2D eigenvalue weighted by Gasteiger charge is -2.29. The number of carbonyl (C=O) groups is 1. The van der Waals surface area contributed by atoms with E-state index in [-0.39, 0.29) is 11.7 Å². The highest BCUT2D eigenvalue weighted by Gasteiger charge is 2.41. The van der Waals surface area contributed by atoms with E-state index < -0.39 is 0 Å². The van der Waals surface area contributed by atoms with E-state index in [4.69, 9.17) is 0 Å². The third-order valence-corrected chi connectivity index (χ3v) is 4.01. The number of amides is 1. The van der Waals surface area contributed by atoms with Gasteiger partial charge in [-0.05, 0) is 62.8 Å². The molecule has 0 spiro atoms. The van der Waals surface area contributed by atoms with Gasteiger partial charge in [-0.15, -0.1) is 0 Å². The first-order valence-corrected chi connectivity index (χ1v) is 6.75. The summed E-state index contributed by atoms with van der Waals surface area (Å²) in [6, 6.07) is 6.65. The average molecular weight is 247 g/mol. The van der Waals surface area contributed by atoms with Crippen molar-refractivity contribution >= 4 is 5.91 Å². The van der Waals surface area contributed by atoms with Crippen LogP contribution in [0.15, 0.2) is 24.3 Å². The molecule has 96 valence electrons. The average Bonchev–Trinajstić information content (AvgIpc) is 3.22. The summed E-state index contributed by atoms with van der Waals surface area (Å²) >= 11 is 0. The molecule has 2 aliphatic rings. The predicted molar refractivity (Wildman–Crippen MR) is 67.8 cm³/mol. The highest BCUT2D eigenvalue weighted by molar-refractivity contribution is 5.94. The van der Waals surface area contributed by atoms with Gasteiger partial charge in [-0.2, -0.15) is 0 Å². The number of hydrogen-bond donors (Lipinski definition) is 0. The van der Waals surface area contributed by atoms with E-state index in [1.54, 1.807) is 12.1 Å². The molecule has 18 heavy (non-hydrogen) atoms. The molecule has 0 N–H and O–H groups in total. The normalized spacial score (nSPS) is 20.6. The van der Waals surface area contributed by atoms with Crippen LogP contribution in [0.5, 0.6) is 0 Å². The Kier molecular flexibility index (Phi) is 2.84. The molecule has 1 aromatic carbocycles. The van der Waals surface area contributed by atoms with Crippen molar-refractivity contribution in [3.05, 3.63) is 35.6 Å². The molecular formula is C15H18FNO. The predicted octanol–water partition coefficient (Wildman–Crippen LogP) is 3.23. The van der Waals surface area contributed by atoms with Crippen molar-refractivity contribution in [3.8, 4) is 0 Å². The summed E-state index contributed by atoms with van der Waals surface area (Å²) in [5.74, 6) is 0.451. The van der Waals surface area contributed by atoms with Gasteiger partial charge in [0.05, 0.1) is 0 Å². The molecule has 0 bridgehead atoms. The number of halogens is 1. The second kappa shape index (κ2) is 4.38. The van der Waals surface area contributed by atoms with E-state index in [1.165, 1.54) is 25.0 Å². The van der Waals surface area contributed by atoms with Crippen molar-refractivity contribution in [1.29, 1.82) is 0 Å². The van der Waals surface area contributed by atoms with Gasteiger partial charge >= 0.3 is 0 Å². The fraction of sp³-hybridized carbons (Fsp3) is 0.533. The summed E-state index contributed by atoms with van der Waals surface area (Å²) in [7, 11) is 0. The van der Waals surface area contributed by atoms with Crippen LogP contribution < -0.4 is 0 Å². The van der Waals surface area contributed by atoms with Gasteiger partial charge in [0.25, 0.3) is 5.91 Å². The third kappa shape index (κ3) is 2.26. The van der Waals surface area contributed by atoms with Crippen LogP contribution in [0.3, 0.4) is 0 Å². The molecule has 3 heteroatoms. The van der Waals surface area contributed by atoms with Crippen molar-refractivity contribution in [1.82, 2.24) is 4.90 Å². The highest BCUT2D eigenvalue weighted by atomic mass is 19.1. The number of benzene rings is 1. The molecule has 1 aromatic rings. The lowest BCUT2D eigenvalue weighted by Crippen LogP contribution is -2.41. The van der Waals surface area contributed by atoms with Crippen molar-refractivity contribution in [3.63, 3.8) is 0 Å². The summed E-state index contributed by atoms with van der Waals surface area (Å²) in [4.78, 5) is 14.5. The number of carbonyl (C=O) groups excluding carboxylic acids is 1. The summed E-state index contributed by atoms with van der Waals surface area (Å²) in [6.07, 6.45) is 4.70. The van der Waals surface area contributed by atoms with E-state index in [0.717, 1.165) is 12.8 Å². The van der Waals surface area contributed by atoms with Gasteiger partial charge in [0.1, 0.15) is 5.82 Å². The molecule has 0 aliphatic heterocycles. The monoisotopic (exact) mass is 247 g/mol. The Balaban J connectivity index is 1.81. The third-order valence-electron chi connectivity index (χ3n) is 4.01. The summed E-state index contributed by atoms with van der Waals surface area (Å²) in [6.45, 7) is 2.15. The minimum absolute atomic E-state index is 0.0666. The van der Waals surface area contributed by atoms with Crippen molar-refractivity contribution in [2.45, 2.75) is 44.7 Å². The Hall–Kier alpha value is -1.38. The van der Waals surface area contributed by atoms with E-state index in [0.29, 0.717) is 23.6 Å². The molecule has 3 rings (SSSR count). The van der Waals surface area contributed by atoms with Gasteiger partial charge in [-0.3, -0.25) is 4.79 Å². The molecule has 2 nitrogen and oxygen atoms in total. The van der Waals surface area contributed by atoms with Gasteiger partial charge in [-0.25, -0.2) is 4.39 Å². The number of rotatable bonds is 4. The fourth-order valence-corrected chi connectivity index (χ4v) is 2.58. The summed E-state index contributed by atoms with van der Waals surface area (Å²) in [5.41, 5.74) is 0.607. The first kappa shape index (κ1) is 11.7. The standard InChI is InChI=1S/C15H18FNO/c1-10(11-2-3-11)17(14-8-9-14)15(18)12-4-6-13(16)7-5-12/h4-7,10-11,14H,2-3,8-9H2,1H3. The summed E-state index contributed by atoms with van der Waals surface area (Å²) in [5, 5.41) is 0. The van der Waals surface area contributed by atoms with Gasteiger partial charge in [0.15, 0.2) is 0 Å². The van der Waals surface area contributed by atoms with E-state index in [9.17, 15) is 9.18 Å². The van der Waals surface area contributed by atoms with Crippen LogP contribution in [0.25, 0.3) is 0 Å². The van der Waals surface area contributed by atoms with Crippen LogP contribution in [0.2, 0.25) is 0 Å². The molecule has 0 radical (unpaired) electrons. The first-order chi connectivity index (χ1) is 8.66. The van der Waals surface area contributed by atoms with Crippen molar-refractivity contribution in [2.24, 2.45) is 5.92 Å².